The van der Waals surface area contributed by atoms with Crippen LogP contribution >= 0.6 is 0 Å². The van der Waals surface area contributed by atoms with E-state index in [4.69, 9.17) is 4.74 Å². The van der Waals surface area contributed by atoms with Crippen molar-refractivity contribution in [2.75, 3.05) is 7.11 Å². The molecule has 0 unspecified atom stereocenters. The highest BCUT2D eigenvalue weighted by Crippen LogP contribution is 2.46. The number of allylic oxidation sites excluding steroid dienone is 1. The second kappa shape index (κ2) is 2.94. The van der Waals surface area contributed by atoms with Crippen LogP contribution in [0.2, 0.25) is 0 Å². The third kappa shape index (κ3) is 1.19. The monoisotopic (exact) mass is 194 g/mol. The molecule has 0 amide bonds. The Kier molecular flexibility index (Phi) is 1.98. The van der Waals surface area contributed by atoms with Gasteiger partial charge in [0.2, 0.25) is 0 Å². The third-order valence-electron chi connectivity index (χ3n) is 3.42. The molecule has 0 radical (unpaired) electrons. The quantitative estimate of drug-likeness (QED) is 0.594. The lowest BCUT2D eigenvalue weighted by atomic mass is 9.62. The molecule has 3 nitrogen and oxygen atoms in total. The van der Waals surface area contributed by atoms with E-state index in [1.54, 1.807) is 0 Å². The maximum Gasteiger partial charge on any atom is 0.333 e. The number of fused-ring (bicyclic) bond motifs is 2. The number of ketones is 1. The van der Waals surface area contributed by atoms with Crippen LogP contribution in [-0.2, 0) is 14.3 Å². The van der Waals surface area contributed by atoms with E-state index in [-0.39, 0.29) is 17.7 Å². The van der Waals surface area contributed by atoms with Crippen molar-refractivity contribution in [1.29, 1.82) is 0 Å². The largest absolute Gasteiger partial charge is 0.466 e. The highest BCUT2D eigenvalue weighted by molar-refractivity contribution is 5.97. The number of esters is 1. The number of hydrogen-bond acceptors (Lipinski definition) is 3. The molecule has 1 saturated carbocycles. The number of ether oxygens (including phenoxy) is 1. The van der Waals surface area contributed by atoms with Gasteiger partial charge in [0.25, 0.3) is 0 Å². The molecule has 0 N–H and O–H groups in total. The second-order valence-electron chi connectivity index (χ2n) is 4.37. The average molecular weight is 194 g/mol. The predicted molar refractivity (Wildman–Crippen MR) is 50.6 cm³/mol. The Bertz CT molecular complexity index is 329. The number of carbonyl (C=O) groups excluding carboxylic acids is 2. The molecule has 2 atom stereocenters. The molecule has 0 aromatic carbocycles. The molecule has 1 fully saturated rings. The maximum absolute atomic E-state index is 11.6. The number of Topliss-reactive ketones (excluding diaryl/α,β-unsaturated/α-hetero) is 1. The summed E-state index contributed by atoms with van der Waals surface area (Å²) in [4.78, 5) is 23.0. The van der Waals surface area contributed by atoms with Gasteiger partial charge < -0.3 is 4.74 Å². The van der Waals surface area contributed by atoms with Gasteiger partial charge in [-0.1, -0.05) is 6.08 Å². The SMILES string of the molecule is COC(=O)C1=C[C@@]2(C)CC[C@@H]1CC2=O. The van der Waals surface area contributed by atoms with Gasteiger partial charge in [0.05, 0.1) is 7.11 Å². The molecule has 0 spiro atoms. The fraction of sp³-hybridized carbons (Fsp3) is 0.636. The van der Waals surface area contributed by atoms with Gasteiger partial charge in [-0.05, 0) is 25.7 Å². The zero-order chi connectivity index (χ0) is 10.3. The van der Waals surface area contributed by atoms with Crippen LogP contribution in [0, 0.1) is 11.3 Å². The lowest BCUT2D eigenvalue weighted by Gasteiger charge is -2.40. The molecule has 76 valence electrons. The molecule has 3 aliphatic carbocycles. The standard InChI is InChI=1S/C11H14O3/c1-11-4-3-7(5-9(11)12)8(6-11)10(13)14-2/h6-7H,3-5H2,1-2H3/t7-,11-/m1/s1. The van der Waals surface area contributed by atoms with Crippen LogP contribution in [0.1, 0.15) is 26.2 Å². The highest BCUT2D eigenvalue weighted by Gasteiger charge is 2.45. The van der Waals surface area contributed by atoms with Gasteiger partial charge in [-0.25, -0.2) is 4.79 Å². The molecule has 0 aromatic rings. The van der Waals surface area contributed by atoms with E-state index >= 15 is 0 Å². The van der Waals surface area contributed by atoms with Crippen molar-refractivity contribution in [3.63, 3.8) is 0 Å². The lowest BCUT2D eigenvalue weighted by molar-refractivity contribution is -0.138. The Labute approximate surface area is 83.1 Å². The first-order valence-corrected chi connectivity index (χ1v) is 4.91. The molecule has 3 rings (SSSR count). The van der Waals surface area contributed by atoms with E-state index in [2.05, 4.69) is 0 Å². The number of carbonyl (C=O) groups is 2. The topological polar surface area (TPSA) is 43.4 Å². The summed E-state index contributed by atoms with van der Waals surface area (Å²) in [6, 6.07) is 0. The first-order chi connectivity index (χ1) is 6.57. The zero-order valence-electron chi connectivity index (χ0n) is 8.50. The van der Waals surface area contributed by atoms with Crippen LogP contribution in [0.5, 0.6) is 0 Å². The van der Waals surface area contributed by atoms with Crippen molar-refractivity contribution < 1.29 is 14.3 Å². The van der Waals surface area contributed by atoms with E-state index in [1.807, 2.05) is 13.0 Å². The van der Waals surface area contributed by atoms with E-state index in [0.717, 1.165) is 12.8 Å². The maximum atomic E-state index is 11.6. The van der Waals surface area contributed by atoms with Gasteiger partial charge in [0, 0.05) is 17.4 Å². The Hall–Kier alpha value is -1.12. The van der Waals surface area contributed by atoms with Crippen molar-refractivity contribution in [3.8, 4) is 0 Å². The van der Waals surface area contributed by atoms with Crippen LogP contribution in [0.25, 0.3) is 0 Å². The summed E-state index contributed by atoms with van der Waals surface area (Å²) in [5.41, 5.74) is 0.305. The smallest absolute Gasteiger partial charge is 0.333 e. The molecule has 0 heterocycles. The summed E-state index contributed by atoms with van der Waals surface area (Å²) >= 11 is 0. The average Bonchev–Trinajstić information content (AvgIpc) is 2.18. The fourth-order valence-corrected chi connectivity index (χ4v) is 2.40. The van der Waals surface area contributed by atoms with Gasteiger partial charge in [-0.15, -0.1) is 0 Å². The normalized spacial score (nSPS) is 35.4. The summed E-state index contributed by atoms with van der Waals surface area (Å²) in [6.07, 6.45) is 4.14. The minimum absolute atomic E-state index is 0.108. The molecule has 0 aromatic heterocycles. The second-order valence-corrected chi connectivity index (χ2v) is 4.37. The molecule has 3 aliphatic rings. The molecular weight excluding hydrogens is 180 g/mol. The van der Waals surface area contributed by atoms with Crippen molar-refractivity contribution in [1.82, 2.24) is 0 Å². The molecule has 0 saturated heterocycles. The van der Waals surface area contributed by atoms with Crippen LogP contribution in [0.15, 0.2) is 11.6 Å². The van der Waals surface area contributed by atoms with Gasteiger partial charge in [-0.3, -0.25) is 4.79 Å². The van der Waals surface area contributed by atoms with E-state index < -0.39 is 5.41 Å². The van der Waals surface area contributed by atoms with Gasteiger partial charge in [0.15, 0.2) is 0 Å². The van der Waals surface area contributed by atoms with E-state index in [0.29, 0.717) is 12.0 Å². The first kappa shape index (κ1) is 9.44. The van der Waals surface area contributed by atoms with Crippen LogP contribution < -0.4 is 0 Å². The number of methoxy groups -OCH3 is 1. The van der Waals surface area contributed by atoms with Crippen LogP contribution in [0.3, 0.4) is 0 Å². The highest BCUT2D eigenvalue weighted by atomic mass is 16.5. The molecule has 14 heavy (non-hydrogen) atoms. The van der Waals surface area contributed by atoms with Crippen LogP contribution in [-0.4, -0.2) is 18.9 Å². The Morgan fingerprint density at radius 1 is 1.64 bits per heavy atom. The van der Waals surface area contributed by atoms with Crippen molar-refractivity contribution in [2.45, 2.75) is 26.2 Å². The zero-order valence-corrected chi connectivity index (χ0v) is 8.50. The van der Waals surface area contributed by atoms with Gasteiger partial charge in [-0.2, -0.15) is 0 Å². The number of rotatable bonds is 1. The molecule has 2 bridgehead atoms. The fourth-order valence-electron chi connectivity index (χ4n) is 2.40. The van der Waals surface area contributed by atoms with Gasteiger partial charge in [0.1, 0.15) is 5.78 Å². The predicted octanol–water partition coefficient (Wildman–Crippen LogP) is 1.47. The summed E-state index contributed by atoms with van der Waals surface area (Å²) in [6.45, 7) is 1.91. The lowest BCUT2D eigenvalue weighted by Crippen LogP contribution is -2.40. The minimum Gasteiger partial charge on any atom is -0.466 e. The summed E-state index contributed by atoms with van der Waals surface area (Å²) in [5.74, 6) is 0.103. The molecular formula is C11H14O3. The third-order valence-corrected chi connectivity index (χ3v) is 3.42. The Morgan fingerprint density at radius 3 is 2.86 bits per heavy atom. The molecule has 3 heteroatoms. The Balaban J connectivity index is 2.38. The summed E-state index contributed by atoms with van der Waals surface area (Å²) < 4.78 is 4.70. The van der Waals surface area contributed by atoms with Crippen molar-refractivity contribution in [3.05, 3.63) is 11.6 Å². The van der Waals surface area contributed by atoms with Gasteiger partial charge >= 0.3 is 5.97 Å². The Morgan fingerprint density at radius 2 is 2.36 bits per heavy atom. The van der Waals surface area contributed by atoms with Crippen LogP contribution in [0.4, 0.5) is 0 Å². The van der Waals surface area contributed by atoms with Crippen molar-refractivity contribution >= 4 is 11.8 Å². The first-order valence-electron chi connectivity index (χ1n) is 4.91. The summed E-state index contributed by atoms with van der Waals surface area (Å²) in [7, 11) is 1.38. The van der Waals surface area contributed by atoms with E-state index in [9.17, 15) is 9.59 Å². The van der Waals surface area contributed by atoms with E-state index in [1.165, 1.54) is 7.11 Å². The van der Waals surface area contributed by atoms with Crippen molar-refractivity contribution in [2.24, 2.45) is 11.3 Å². The number of hydrogen-bond donors (Lipinski definition) is 0. The minimum atomic E-state index is -0.404. The molecule has 0 aliphatic heterocycles. The summed E-state index contributed by atoms with van der Waals surface area (Å²) in [5, 5.41) is 0.